The lowest BCUT2D eigenvalue weighted by Crippen LogP contribution is -2.38. The molecule has 29 heavy (non-hydrogen) atoms. The Labute approximate surface area is 186 Å². The van der Waals surface area contributed by atoms with Crippen LogP contribution >= 0.6 is 24.0 Å². The predicted molar refractivity (Wildman–Crippen MR) is 123 cm³/mol. The number of rotatable bonds is 6. The van der Waals surface area contributed by atoms with Gasteiger partial charge in [-0.25, -0.2) is 14.1 Å². The lowest BCUT2D eigenvalue weighted by Gasteiger charge is -2.19. The summed E-state index contributed by atoms with van der Waals surface area (Å²) in [4.78, 5) is 4.52. The van der Waals surface area contributed by atoms with Crippen molar-refractivity contribution in [3.63, 3.8) is 0 Å². The van der Waals surface area contributed by atoms with E-state index in [2.05, 4.69) is 33.7 Å². The van der Waals surface area contributed by atoms with Crippen molar-refractivity contribution < 1.29 is 9.50 Å². The van der Waals surface area contributed by atoms with Crippen LogP contribution in [-0.4, -0.2) is 27.4 Å². The smallest absolute Gasteiger partial charge is 0.192 e. The van der Waals surface area contributed by atoms with Gasteiger partial charge >= 0.3 is 0 Å². The minimum atomic E-state index is -0.644. The van der Waals surface area contributed by atoms with Gasteiger partial charge in [-0.3, -0.25) is 0 Å². The molecule has 0 fully saturated rings. The van der Waals surface area contributed by atoms with E-state index >= 15 is 0 Å². The van der Waals surface area contributed by atoms with Crippen molar-refractivity contribution in [2.24, 2.45) is 4.99 Å². The zero-order valence-electron chi connectivity index (χ0n) is 16.3. The van der Waals surface area contributed by atoms with Gasteiger partial charge in [0.05, 0.1) is 18.3 Å². The normalized spacial score (nSPS) is 12.2. The molecule has 0 saturated carbocycles. The molecule has 154 valence electrons. The Morgan fingerprint density at radius 3 is 2.76 bits per heavy atom. The van der Waals surface area contributed by atoms with Crippen LogP contribution in [0.15, 0.2) is 65.9 Å². The van der Waals surface area contributed by atoms with Crippen LogP contribution in [-0.2, 0) is 6.54 Å². The van der Waals surface area contributed by atoms with Crippen molar-refractivity contribution in [3.8, 4) is 11.4 Å². The summed E-state index contributed by atoms with van der Waals surface area (Å²) in [7, 11) is 0. The van der Waals surface area contributed by atoms with Crippen molar-refractivity contribution in [1.82, 2.24) is 20.4 Å². The van der Waals surface area contributed by atoms with Gasteiger partial charge in [-0.2, -0.15) is 5.10 Å². The van der Waals surface area contributed by atoms with Crippen LogP contribution in [0.2, 0.25) is 0 Å². The molecule has 6 nitrogen and oxygen atoms in total. The number of nitrogens with zero attached hydrogens (tertiary/aromatic N) is 3. The standard InChI is InChI=1S/C21H24FN5O.HI/c1-3-23-21(24-14-16-8-9-20(28)19(22)12-16)26-15(2)17-6-4-7-18(13-17)27-11-5-10-25-27;/h4-13,15,28H,3,14H2,1-2H3,(H2,23,24,26);1H. The van der Waals surface area contributed by atoms with Crippen LogP contribution in [0, 0.1) is 5.82 Å². The zero-order valence-corrected chi connectivity index (χ0v) is 18.7. The van der Waals surface area contributed by atoms with Gasteiger partial charge in [0.15, 0.2) is 17.5 Å². The fourth-order valence-electron chi connectivity index (χ4n) is 2.79. The maximum Gasteiger partial charge on any atom is 0.192 e. The summed E-state index contributed by atoms with van der Waals surface area (Å²) < 4.78 is 15.3. The summed E-state index contributed by atoms with van der Waals surface area (Å²) in [6.45, 7) is 5.04. The third-order valence-corrected chi connectivity index (χ3v) is 4.27. The second kappa shape index (κ2) is 10.8. The molecule has 0 aliphatic carbocycles. The first kappa shape index (κ1) is 22.7. The maximum atomic E-state index is 13.5. The molecule has 8 heteroatoms. The molecule has 3 N–H and O–H groups in total. The first-order valence-electron chi connectivity index (χ1n) is 9.19. The maximum absolute atomic E-state index is 13.5. The second-order valence-electron chi connectivity index (χ2n) is 6.39. The molecule has 0 amide bonds. The minimum Gasteiger partial charge on any atom is -0.505 e. The van der Waals surface area contributed by atoms with Gasteiger partial charge in [-0.1, -0.05) is 18.2 Å². The van der Waals surface area contributed by atoms with E-state index in [1.165, 1.54) is 12.1 Å². The second-order valence-corrected chi connectivity index (χ2v) is 6.39. The summed E-state index contributed by atoms with van der Waals surface area (Å²) >= 11 is 0. The number of benzene rings is 2. The van der Waals surface area contributed by atoms with Gasteiger partial charge in [0.1, 0.15) is 0 Å². The predicted octanol–water partition coefficient (Wildman–Crippen LogP) is 4.15. The molecule has 0 bridgehead atoms. The molecule has 0 saturated heterocycles. The number of nitrogens with one attached hydrogen (secondary N) is 2. The van der Waals surface area contributed by atoms with Crippen LogP contribution in [0.5, 0.6) is 5.75 Å². The SMILES string of the molecule is CCNC(=NCc1ccc(O)c(F)c1)NC(C)c1cccc(-n2cccn2)c1.I. The minimum absolute atomic E-state index is 0. The highest BCUT2D eigenvalue weighted by Crippen LogP contribution is 2.18. The van der Waals surface area contributed by atoms with E-state index in [1.807, 2.05) is 42.1 Å². The van der Waals surface area contributed by atoms with Gasteiger partial charge in [0, 0.05) is 18.9 Å². The highest BCUT2D eigenvalue weighted by atomic mass is 127. The van der Waals surface area contributed by atoms with Crippen molar-refractivity contribution in [2.45, 2.75) is 26.4 Å². The molecule has 1 aromatic heterocycles. The third kappa shape index (κ3) is 6.18. The molecular formula is C21H25FIN5O. The molecule has 3 aromatic rings. The average Bonchev–Trinajstić information content (AvgIpc) is 3.24. The van der Waals surface area contributed by atoms with Crippen molar-refractivity contribution in [3.05, 3.63) is 77.9 Å². The number of aliphatic imine (C=N–C) groups is 1. The number of halogens is 2. The number of guanidine groups is 1. The fraction of sp³-hybridized carbons (Fsp3) is 0.238. The largest absolute Gasteiger partial charge is 0.505 e. The molecule has 1 atom stereocenters. The van der Waals surface area contributed by atoms with E-state index in [0.717, 1.165) is 11.3 Å². The third-order valence-electron chi connectivity index (χ3n) is 4.27. The quantitative estimate of drug-likeness (QED) is 0.265. The van der Waals surface area contributed by atoms with Crippen LogP contribution in [0.25, 0.3) is 5.69 Å². The Balaban J connectivity index is 0.00000300. The van der Waals surface area contributed by atoms with Gasteiger partial charge in [0.25, 0.3) is 0 Å². The van der Waals surface area contributed by atoms with Crippen LogP contribution < -0.4 is 10.6 Å². The number of phenols is 1. The van der Waals surface area contributed by atoms with Crippen molar-refractivity contribution in [1.29, 1.82) is 0 Å². The van der Waals surface area contributed by atoms with Gasteiger partial charge in [-0.15, -0.1) is 24.0 Å². The fourth-order valence-corrected chi connectivity index (χ4v) is 2.79. The first-order valence-corrected chi connectivity index (χ1v) is 9.19. The van der Waals surface area contributed by atoms with Crippen LogP contribution in [0.4, 0.5) is 4.39 Å². The number of hydrogen-bond donors (Lipinski definition) is 3. The highest BCUT2D eigenvalue weighted by Gasteiger charge is 2.09. The van der Waals surface area contributed by atoms with Crippen LogP contribution in [0.1, 0.15) is 31.0 Å². The van der Waals surface area contributed by atoms with Crippen LogP contribution in [0.3, 0.4) is 0 Å². The summed E-state index contributed by atoms with van der Waals surface area (Å²) in [6, 6.07) is 14.3. The Morgan fingerprint density at radius 2 is 2.07 bits per heavy atom. The first-order chi connectivity index (χ1) is 13.6. The molecule has 0 spiro atoms. The Kier molecular flexibility index (Phi) is 8.44. The molecular weight excluding hydrogens is 484 g/mol. The molecule has 0 aliphatic rings. The number of aromatic hydroxyl groups is 1. The van der Waals surface area contributed by atoms with E-state index in [-0.39, 0.29) is 35.8 Å². The van der Waals surface area contributed by atoms with E-state index in [0.29, 0.717) is 24.6 Å². The Hall–Kier alpha value is -2.62. The van der Waals surface area contributed by atoms with E-state index in [4.69, 9.17) is 0 Å². The van der Waals surface area contributed by atoms with Gasteiger partial charge in [-0.05, 0) is 55.3 Å². The molecule has 2 aromatic carbocycles. The number of aromatic nitrogens is 2. The monoisotopic (exact) mass is 509 g/mol. The van der Waals surface area contributed by atoms with Crippen molar-refractivity contribution >= 4 is 29.9 Å². The summed E-state index contributed by atoms with van der Waals surface area (Å²) in [5, 5.41) is 20.1. The van der Waals surface area contributed by atoms with Crippen molar-refractivity contribution in [2.75, 3.05) is 6.54 Å². The number of phenolic OH excluding ortho intramolecular Hbond substituents is 1. The van der Waals surface area contributed by atoms with E-state index in [1.54, 1.807) is 12.3 Å². The molecule has 0 aliphatic heterocycles. The summed E-state index contributed by atoms with van der Waals surface area (Å²) in [5.74, 6) is -0.370. The summed E-state index contributed by atoms with van der Waals surface area (Å²) in [5.41, 5.74) is 2.76. The zero-order chi connectivity index (χ0) is 19.9. The molecule has 1 unspecified atom stereocenters. The molecule has 1 heterocycles. The Bertz CT molecular complexity index is 946. The lowest BCUT2D eigenvalue weighted by molar-refractivity contribution is 0.432. The topological polar surface area (TPSA) is 74.5 Å². The average molecular weight is 509 g/mol. The number of hydrogen-bond acceptors (Lipinski definition) is 3. The molecule has 0 radical (unpaired) electrons. The summed E-state index contributed by atoms with van der Waals surface area (Å²) in [6.07, 6.45) is 3.65. The van der Waals surface area contributed by atoms with Gasteiger partial charge in [0.2, 0.25) is 0 Å². The molecule has 3 rings (SSSR count). The van der Waals surface area contributed by atoms with E-state index < -0.39 is 5.82 Å². The van der Waals surface area contributed by atoms with Gasteiger partial charge < -0.3 is 15.7 Å². The Morgan fingerprint density at radius 1 is 1.24 bits per heavy atom. The highest BCUT2D eigenvalue weighted by molar-refractivity contribution is 14.0. The lowest BCUT2D eigenvalue weighted by atomic mass is 10.1. The van der Waals surface area contributed by atoms with E-state index in [9.17, 15) is 9.50 Å².